The normalized spacial score (nSPS) is 14.8. The van der Waals surface area contributed by atoms with Gasteiger partial charge in [-0.25, -0.2) is 4.79 Å². The summed E-state index contributed by atoms with van der Waals surface area (Å²) in [6, 6.07) is 8.01. The van der Waals surface area contributed by atoms with Gasteiger partial charge in [-0.2, -0.15) is 0 Å². The number of fused-ring (bicyclic) bond motifs is 1. The smallest absolute Gasteiger partial charge is 0.336 e. The zero-order chi connectivity index (χ0) is 15.7. The van der Waals surface area contributed by atoms with Gasteiger partial charge < -0.3 is 10.1 Å². The summed E-state index contributed by atoms with van der Waals surface area (Å²) in [4.78, 5) is 12.4. The van der Waals surface area contributed by atoms with Crippen molar-refractivity contribution >= 4 is 11.7 Å². The number of carbonyl (C=O) groups is 1. The van der Waals surface area contributed by atoms with Gasteiger partial charge in [0, 0.05) is 18.3 Å². The van der Waals surface area contributed by atoms with E-state index in [2.05, 4.69) is 26.1 Å². The summed E-state index contributed by atoms with van der Waals surface area (Å²) < 4.78 is 5.72. The van der Waals surface area contributed by atoms with Crippen LogP contribution in [0.2, 0.25) is 0 Å². The van der Waals surface area contributed by atoms with Crippen molar-refractivity contribution < 1.29 is 9.53 Å². The van der Waals surface area contributed by atoms with Crippen LogP contribution in [-0.4, -0.2) is 11.6 Å². The number of para-hydroxylation sites is 1. The second-order valence-corrected chi connectivity index (χ2v) is 7.53. The highest BCUT2D eigenvalue weighted by molar-refractivity contribution is 5.91. The Morgan fingerprint density at radius 2 is 1.86 bits per heavy atom. The molecule has 0 radical (unpaired) electrons. The zero-order valence-corrected chi connectivity index (χ0v) is 13.6. The van der Waals surface area contributed by atoms with Gasteiger partial charge in [-0.3, -0.25) is 0 Å². The van der Waals surface area contributed by atoms with Crippen LogP contribution in [0, 0.1) is 5.41 Å². The van der Waals surface area contributed by atoms with E-state index in [1.54, 1.807) is 6.20 Å². The molecular formula is C18H25NO2. The molecule has 1 aliphatic rings. The predicted octanol–water partition coefficient (Wildman–Crippen LogP) is 4.30. The fourth-order valence-electron chi connectivity index (χ4n) is 3.00. The van der Waals surface area contributed by atoms with Crippen molar-refractivity contribution in [3.63, 3.8) is 0 Å². The molecule has 0 saturated heterocycles. The summed E-state index contributed by atoms with van der Waals surface area (Å²) >= 11 is 0. The third-order valence-corrected chi connectivity index (χ3v) is 3.39. The van der Waals surface area contributed by atoms with E-state index in [4.69, 9.17) is 4.74 Å². The second-order valence-electron chi connectivity index (χ2n) is 7.53. The molecule has 0 atom stereocenters. The molecule has 0 saturated carbocycles. The summed E-state index contributed by atoms with van der Waals surface area (Å²) in [5.41, 5.74) is 2.52. The first-order valence-electron chi connectivity index (χ1n) is 7.43. The molecule has 114 valence electrons. The minimum Gasteiger partial charge on any atom is -0.456 e. The number of esters is 1. The van der Waals surface area contributed by atoms with Gasteiger partial charge >= 0.3 is 5.97 Å². The molecule has 1 aromatic rings. The molecule has 1 N–H and O–H groups in total. The van der Waals surface area contributed by atoms with Crippen LogP contribution in [0.4, 0.5) is 5.69 Å². The van der Waals surface area contributed by atoms with Crippen molar-refractivity contribution in [3.05, 3.63) is 41.6 Å². The lowest BCUT2D eigenvalue weighted by atomic mass is 9.83. The van der Waals surface area contributed by atoms with Crippen LogP contribution in [0.1, 0.15) is 46.6 Å². The number of hydrogen-bond acceptors (Lipinski definition) is 3. The molecule has 0 aromatic heterocycles. The maximum Gasteiger partial charge on any atom is 0.336 e. The van der Waals surface area contributed by atoms with Crippen molar-refractivity contribution in [2.24, 2.45) is 5.41 Å². The summed E-state index contributed by atoms with van der Waals surface area (Å²) in [5.74, 6) is -0.230. The van der Waals surface area contributed by atoms with Crippen LogP contribution in [-0.2, 0) is 16.0 Å². The van der Waals surface area contributed by atoms with Crippen molar-refractivity contribution in [2.75, 3.05) is 5.32 Å². The SMILES string of the molecule is CC(C)(C)CC(C)(C)OC(=O)C1=CNc2ccccc2C1. The fraction of sp³-hybridized carbons (Fsp3) is 0.500. The van der Waals surface area contributed by atoms with E-state index in [0.29, 0.717) is 12.0 Å². The number of carbonyl (C=O) groups excluding carboxylic acids is 1. The highest BCUT2D eigenvalue weighted by Gasteiger charge is 2.30. The first-order chi connectivity index (χ1) is 9.66. The Bertz CT molecular complexity index is 565. The molecule has 0 unspecified atom stereocenters. The minimum atomic E-state index is -0.465. The Balaban J connectivity index is 2.04. The molecule has 0 bridgehead atoms. The lowest BCUT2D eigenvalue weighted by Gasteiger charge is -2.32. The van der Waals surface area contributed by atoms with E-state index in [1.807, 2.05) is 38.1 Å². The molecular weight excluding hydrogens is 262 g/mol. The Morgan fingerprint density at radius 3 is 2.52 bits per heavy atom. The van der Waals surface area contributed by atoms with Crippen molar-refractivity contribution in [1.29, 1.82) is 0 Å². The van der Waals surface area contributed by atoms with Gasteiger partial charge in [0.05, 0.1) is 5.57 Å². The maximum absolute atomic E-state index is 12.4. The Morgan fingerprint density at radius 1 is 1.19 bits per heavy atom. The number of rotatable bonds is 3. The Labute approximate surface area is 127 Å². The van der Waals surface area contributed by atoms with E-state index in [-0.39, 0.29) is 11.4 Å². The average molecular weight is 287 g/mol. The molecule has 0 amide bonds. The van der Waals surface area contributed by atoms with Crippen molar-refractivity contribution in [2.45, 2.75) is 53.1 Å². The molecule has 1 aliphatic heterocycles. The standard InChI is InChI=1S/C18H25NO2/c1-17(2,3)12-18(4,5)21-16(20)14-10-13-8-6-7-9-15(13)19-11-14/h6-9,11,19H,10,12H2,1-5H3. The molecule has 1 heterocycles. The Kier molecular flexibility index (Phi) is 4.13. The van der Waals surface area contributed by atoms with Crippen LogP contribution in [0.3, 0.4) is 0 Å². The number of ether oxygens (including phenoxy) is 1. The first kappa shape index (κ1) is 15.6. The Hall–Kier alpha value is -1.77. The summed E-state index contributed by atoms with van der Waals surface area (Å²) in [5, 5.41) is 3.16. The third kappa shape index (κ3) is 4.35. The van der Waals surface area contributed by atoms with Crippen molar-refractivity contribution in [1.82, 2.24) is 0 Å². The van der Waals surface area contributed by atoms with E-state index in [1.165, 1.54) is 0 Å². The van der Waals surface area contributed by atoms with Crippen LogP contribution in [0.25, 0.3) is 0 Å². The monoisotopic (exact) mass is 287 g/mol. The quantitative estimate of drug-likeness (QED) is 0.842. The largest absolute Gasteiger partial charge is 0.456 e. The van der Waals surface area contributed by atoms with E-state index in [9.17, 15) is 4.79 Å². The molecule has 0 spiro atoms. The lowest BCUT2D eigenvalue weighted by molar-refractivity contribution is -0.154. The van der Waals surface area contributed by atoms with E-state index >= 15 is 0 Å². The maximum atomic E-state index is 12.4. The lowest BCUT2D eigenvalue weighted by Crippen LogP contribution is -2.34. The summed E-state index contributed by atoms with van der Waals surface area (Å²) in [6.07, 6.45) is 3.20. The molecule has 3 nitrogen and oxygen atoms in total. The zero-order valence-electron chi connectivity index (χ0n) is 13.6. The highest BCUT2D eigenvalue weighted by Crippen LogP contribution is 2.31. The van der Waals surface area contributed by atoms with Gasteiger partial charge in [0.2, 0.25) is 0 Å². The summed E-state index contributed by atoms with van der Waals surface area (Å²) in [6.45, 7) is 10.4. The van der Waals surface area contributed by atoms with Crippen LogP contribution < -0.4 is 5.32 Å². The van der Waals surface area contributed by atoms with Gasteiger partial charge in [0.25, 0.3) is 0 Å². The third-order valence-electron chi connectivity index (χ3n) is 3.39. The molecule has 0 fully saturated rings. The molecule has 1 aromatic carbocycles. The van der Waals surface area contributed by atoms with Crippen molar-refractivity contribution in [3.8, 4) is 0 Å². The molecule has 0 aliphatic carbocycles. The summed E-state index contributed by atoms with van der Waals surface area (Å²) in [7, 11) is 0. The number of anilines is 1. The minimum absolute atomic E-state index is 0.121. The van der Waals surface area contributed by atoms with Gasteiger partial charge in [-0.05, 0) is 37.3 Å². The van der Waals surface area contributed by atoms with Gasteiger partial charge in [0.1, 0.15) is 5.60 Å². The molecule has 21 heavy (non-hydrogen) atoms. The number of benzene rings is 1. The van der Waals surface area contributed by atoms with E-state index in [0.717, 1.165) is 17.7 Å². The predicted molar refractivity (Wildman–Crippen MR) is 86.1 cm³/mol. The van der Waals surface area contributed by atoms with Crippen LogP contribution in [0.5, 0.6) is 0 Å². The van der Waals surface area contributed by atoms with Crippen LogP contribution in [0.15, 0.2) is 36.0 Å². The van der Waals surface area contributed by atoms with Gasteiger partial charge in [-0.1, -0.05) is 39.0 Å². The average Bonchev–Trinajstić information content (AvgIpc) is 2.34. The van der Waals surface area contributed by atoms with Crippen LogP contribution >= 0.6 is 0 Å². The fourth-order valence-corrected chi connectivity index (χ4v) is 3.00. The number of hydrogen-bond donors (Lipinski definition) is 1. The van der Waals surface area contributed by atoms with E-state index < -0.39 is 5.60 Å². The molecule has 2 rings (SSSR count). The molecule has 3 heteroatoms. The first-order valence-corrected chi connectivity index (χ1v) is 7.43. The number of nitrogens with one attached hydrogen (secondary N) is 1. The topological polar surface area (TPSA) is 38.3 Å². The highest BCUT2D eigenvalue weighted by atomic mass is 16.6. The second kappa shape index (κ2) is 5.55. The van der Waals surface area contributed by atoms with Gasteiger partial charge in [0.15, 0.2) is 0 Å². The van der Waals surface area contributed by atoms with Gasteiger partial charge in [-0.15, -0.1) is 0 Å².